The van der Waals surface area contributed by atoms with Crippen LogP contribution in [-0.2, 0) is 13.2 Å². The Bertz CT molecular complexity index is 1510. The zero-order valence-corrected chi connectivity index (χ0v) is 21.4. The van der Waals surface area contributed by atoms with Gasteiger partial charge < -0.3 is 14.2 Å². The van der Waals surface area contributed by atoms with Crippen molar-refractivity contribution < 1.29 is 9.53 Å². The van der Waals surface area contributed by atoms with E-state index in [0.717, 1.165) is 46.7 Å². The molecule has 1 aliphatic rings. The van der Waals surface area contributed by atoms with Crippen LogP contribution < -0.4 is 4.74 Å². The lowest BCUT2D eigenvalue weighted by molar-refractivity contribution is 0.0739. The summed E-state index contributed by atoms with van der Waals surface area (Å²) in [6.45, 7) is 1.84. The molecule has 0 radical (unpaired) electrons. The number of hydrogen-bond donors (Lipinski definition) is 1. The minimum absolute atomic E-state index is 0.0339. The maximum Gasteiger partial charge on any atom is 0.273 e. The van der Waals surface area contributed by atoms with Crippen LogP contribution in [0, 0.1) is 0 Å². The van der Waals surface area contributed by atoms with Crippen molar-refractivity contribution in [2.75, 3.05) is 6.54 Å². The van der Waals surface area contributed by atoms with Crippen molar-refractivity contribution in [3.63, 3.8) is 0 Å². The molecule has 3 aromatic carbocycles. The highest BCUT2D eigenvalue weighted by atomic mass is 35.5. The van der Waals surface area contributed by atoms with Gasteiger partial charge in [0.1, 0.15) is 18.1 Å². The number of aromatic amines is 1. The van der Waals surface area contributed by atoms with Gasteiger partial charge in [-0.25, -0.2) is 4.98 Å². The number of nitrogens with zero attached hydrogens (tertiary/aromatic N) is 4. The van der Waals surface area contributed by atoms with Crippen LogP contribution in [0.5, 0.6) is 5.75 Å². The number of aryl methyl sites for hydroxylation is 1. The Kier molecular flexibility index (Phi) is 6.67. The predicted molar refractivity (Wildman–Crippen MR) is 146 cm³/mol. The lowest BCUT2D eigenvalue weighted by Gasteiger charge is -2.26. The summed E-state index contributed by atoms with van der Waals surface area (Å²) >= 11 is 5.99. The van der Waals surface area contributed by atoms with Gasteiger partial charge in [0.25, 0.3) is 5.91 Å². The first-order valence-electron chi connectivity index (χ1n) is 12.5. The van der Waals surface area contributed by atoms with E-state index in [2.05, 4.69) is 15.2 Å². The fourth-order valence-electron chi connectivity index (χ4n) is 4.93. The Labute approximate surface area is 225 Å². The molecule has 0 saturated carbocycles. The predicted octanol–water partition coefficient (Wildman–Crippen LogP) is 6.14. The van der Waals surface area contributed by atoms with Gasteiger partial charge >= 0.3 is 0 Å². The molecule has 38 heavy (non-hydrogen) atoms. The summed E-state index contributed by atoms with van der Waals surface area (Å²) in [4.78, 5) is 19.6. The van der Waals surface area contributed by atoms with Gasteiger partial charge in [0.05, 0.1) is 18.1 Å². The number of hydrogen-bond acceptors (Lipinski definition) is 4. The monoisotopic (exact) mass is 523 g/mol. The van der Waals surface area contributed by atoms with E-state index in [1.165, 1.54) is 0 Å². The standard InChI is InChI=1S/C30H26ClN5O2/c31-24-11-7-21(8-12-24)19-38-25-13-9-23(10-14-25)29-26-27(22-5-2-1-3-6-22)33-34-28(26)30(37)36(29)17-4-16-35-18-15-32-20-35/h1-3,5-15,18,20,29H,4,16-17,19H2,(H,33,34). The fraction of sp³-hybridized carbons (Fsp3) is 0.167. The molecule has 190 valence electrons. The minimum Gasteiger partial charge on any atom is -0.489 e. The number of ether oxygens (including phenoxy) is 1. The number of benzene rings is 3. The first-order valence-corrected chi connectivity index (χ1v) is 12.9. The molecule has 7 nitrogen and oxygen atoms in total. The average molecular weight is 524 g/mol. The first-order chi connectivity index (χ1) is 18.7. The third-order valence-electron chi connectivity index (χ3n) is 6.80. The number of nitrogens with one attached hydrogen (secondary N) is 1. The van der Waals surface area contributed by atoms with Gasteiger partial charge in [0.2, 0.25) is 0 Å². The van der Waals surface area contributed by atoms with Crippen LogP contribution >= 0.6 is 11.6 Å². The molecule has 0 saturated heterocycles. The van der Waals surface area contributed by atoms with Crippen molar-refractivity contribution in [1.29, 1.82) is 0 Å². The molecule has 1 aliphatic heterocycles. The molecule has 0 bridgehead atoms. The van der Waals surface area contributed by atoms with E-state index >= 15 is 0 Å². The van der Waals surface area contributed by atoms with Gasteiger partial charge in [-0.2, -0.15) is 5.10 Å². The van der Waals surface area contributed by atoms with Crippen LogP contribution in [0.3, 0.4) is 0 Å². The molecule has 2 aromatic heterocycles. The number of fused-ring (bicyclic) bond motifs is 1. The zero-order valence-electron chi connectivity index (χ0n) is 20.6. The maximum absolute atomic E-state index is 13.6. The average Bonchev–Trinajstić information content (AvgIpc) is 3.68. The fourth-order valence-corrected chi connectivity index (χ4v) is 5.05. The number of carbonyl (C=O) groups is 1. The molecule has 5 aromatic rings. The topological polar surface area (TPSA) is 76.0 Å². The molecular formula is C30H26ClN5O2. The van der Waals surface area contributed by atoms with Crippen molar-refractivity contribution in [3.8, 4) is 17.0 Å². The van der Waals surface area contributed by atoms with Gasteiger partial charge in [-0.15, -0.1) is 0 Å². The SMILES string of the molecule is O=C1c2[nH]nc(-c3ccccc3)c2C(c2ccc(OCc3ccc(Cl)cc3)cc2)N1CCCn1ccnc1. The molecule has 1 unspecified atom stereocenters. The van der Waals surface area contributed by atoms with Gasteiger partial charge in [-0.05, 0) is 41.8 Å². The molecule has 8 heteroatoms. The van der Waals surface area contributed by atoms with E-state index in [4.69, 9.17) is 16.3 Å². The minimum atomic E-state index is -0.250. The maximum atomic E-state index is 13.6. The quantitative estimate of drug-likeness (QED) is 0.252. The van der Waals surface area contributed by atoms with Gasteiger partial charge in [0.15, 0.2) is 0 Å². The highest BCUT2D eigenvalue weighted by Crippen LogP contribution is 2.43. The summed E-state index contributed by atoms with van der Waals surface area (Å²) < 4.78 is 8.03. The Morgan fingerprint density at radius 1 is 0.947 bits per heavy atom. The third-order valence-corrected chi connectivity index (χ3v) is 7.05. The second kappa shape index (κ2) is 10.6. The van der Waals surface area contributed by atoms with Crippen LogP contribution in [-0.4, -0.2) is 37.1 Å². The number of H-pyrrole nitrogens is 1. The van der Waals surface area contributed by atoms with Crippen molar-refractivity contribution in [1.82, 2.24) is 24.6 Å². The summed E-state index contributed by atoms with van der Waals surface area (Å²) in [7, 11) is 0. The van der Waals surface area contributed by atoms with E-state index in [9.17, 15) is 4.79 Å². The summed E-state index contributed by atoms with van der Waals surface area (Å²) in [5, 5.41) is 8.29. The molecule has 6 rings (SSSR count). The third kappa shape index (κ3) is 4.80. The van der Waals surface area contributed by atoms with Crippen molar-refractivity contribution >= 4 is 17.5 Å². The molecule has 0 fully saturated rings. The Balaban J connectivity index is 1.28. The molecule has 1 amide bonds. The van der Waals surface area contributed by atoms with Crippen LogP contribution in [0.4, 0.5) is 0 Å². The Hall–Kier alpha value is -4.36. The number of halogens is 1. The number of rotatable bonds is 9. The Morgan fingerprint density at radius 2 is 1.74 bits per heavy atom. The van der Waals surface area contributed by atoms with E-state index in [-0.39, 0.29) is 11.9 Å². The lowest BCUT2D eigenvalue weighted by Crippen LogP contribution is -2.31. The van der Waals surface area contributed by atoms with Crippen LogP contribution in [0.15, 0.2) is 97.6 Å². The number of carbonyl (C=O) groups excluding carboxylic acids is 1. The second-order valence-electron chi connectivity index (χ2n) is 9.27. The molecule has 0 spiro atoms. The largest absolute Gasteiger partial charge is 0.489 e. The van der Waals surface area contributed by atoms with E-state index in [0.29, 0.717) is 23.9 Å². The van der Waals surface area contributed by atoms with Crippen molar-refractivity contribution in [2.45, 2.75) is 25.6 Å². The first kappa shape index (κ1) is 24.0. The normalized spacial score (nSPS) is 14.6. The summed E-state index contributed by atoms with van der Waals surface area (Å²) in [6.07, 6.45) is 6.31. The van der Waals surface area contributed by atoms with Gasteiger partial charge in [-0.1, -0.05) is 66.2 Å². The van der Waals surface area contributed by atoms with Gasteiger partial charge in [0, 0.05) is 41.6 Å². The highest BCUT2D eigenvalue weighted by Gasteiger charge is 2.41. The molecule has 1 atom stereocenters. The van der Waals surface area contributed by atoms with E-state index < -0.39 is 0 Å². The highest BCUT2D eigenvalue weighted by molar-refractivity contribution is 6.30. The molecular weight excluding hydrogens is 498 g/mol. The van der Waals surface area contributed by atoms with E-state index in [1.807, 2.05) is 94.5 Å². The zero-order chi connectivity index (χ0) is 25.9. The molecule has 1 N–H and O–H groups in total. The van der Waals surface area contributed by atoms with Crippen molar-refractivity contribution in [3.05, 3.63) is 125 Å². The van der Waals surface area contributed by atoms with E-state index in [1.54, 1.807) is 12.5 Å². The smallest absolute Gasteiger partial charge is 0.273 e. The number of amides is 1. The lowest BCUT2D eigenvalue weighted by atomic mass is 9.96. The Morgan fingerprint density at radius 3 is 2.47 bits per heavy atom. The molecule has 3 heterocycles. The summed E-state index contributed by atoms with van der Waals surface area (Å²) in [6, 6.07) is 25.3. The summed E-state index contributed by atoms with van der Waals surface area (Å²) in [5.41, 5.74) is 5.31. The van der Waals surface area contributed by atoms with Crippen LogP contribution in [0.1, 0.15) is 39.6 Å². The second-order valence-corrected chi connectivity index (χ2v) is 9.70. The molecule has 0 aliphatic carbocycles. The number of aromatic nitrogens is 4. The number of imidazole rings is 1. The summed E-state index contributed by atoms with van der Waals surface area (Å²) in [5.74, 6) is 0.726. The van der Waals surface area contributed by atoms with Crippen molar-refractivity contribution in [2.24, 2.45) is 0 Å². The van der Waals surface area contributed by atoms with Crippen LogP contribution in [0.2, 0.25) is 5.02 Å². The van der Waals surface area contributed by atoms with Crippen LogP contribution in [0.25, 0.3) is 11.3 Å². The van der Waals surface area contributed by atoms with Gasteiger partial charge in [-0.3, -0.25) is 9.89 Å².